The molecule has 0 saturated heterocycles. The Balaban J connectivity index is 1.90. The highest BCUT2D eigenvalue weighted by molar-refractivity contribution is 9.10. The number of H-pyrrole nitrogens is 1. The molecule has 2 heterocycles. The van der Waals surface area contributed by atoms with Crippen molar-refractivity contribution in [3.05, 3.63) is 62.9 Å². The molecule has 0 amide bonds. The van der Waals surface area contributed by atoms with Gasteiger partial charge in [-0.25, -0.2) is 0 Å². The smallest absolute Gasteiger partial charge is 0.188 e. The Morgan fingerprint density at radius 1 is 1.32 bits per heavy atom. The number of benzene rings is 1. The Kier molecular flexibility index (Phi) is 3.36. The van der Waals surface area contributed by atoms with Gasteiger partial charge in [-0.3, -0.25) is 4.79 Å². The van der Waals surface area contributed by atoms with Gasteiger partial charge in [-0.05, 0) is 40.2 Å². The Hall–Kier alpha value is -1.65. The van der Waals surface area contributed by atoms with Crippen molar-refractivity contribution in [2.75, 3.05) is 0 Å². The molecule has 19 heavy (non-hydrogen) atoms. The van der Waals surface area contributed by atoms with E-state index in [2.05, 4.69) is 20.9 Å². The molecular weight excluding hydrogens is 322 g/mol. The summed E-state index contributed by atoms with van der Waals surface area (Å²) in [7, 11) is 0. The van der Waals surface area contributed by atoms with Gasteiger partial charge in [0.2, 0.25) is 0 Å². The van der Waals surface area contributed by atoms with Crippen molar-refractivity contribution in [2.24, 2.45) is 0 Å². The van der Waals surface area contributed by atoms with E-state index < -0.39 is 0 Å². The van der Waals surface area contributed by atoms with Crippen molar-refractivity contribution in [3.8, 4) is 0 Å². The molecular formula is C15H10BrNOS. The minimum absolute atomic E-state index is 0.0157. The van der Waals surface area contributed by atoms with E-state index in [-0.39, 0.29) is 5.78 Å². The lowest BCUT2D eigenvalue weighted by molar-refractivity contribution is 0.104. The van der Waals surface area contributed by atoms with Gasteiger partial charge in [-0.15, -0.1) is 11.3 Å². The predicted octanol–water partition coefficient (Wildman–Crippen LogP) is 4.89. The van der Waals surface area contributed by atoms with Gasteiger partial charge >= 0.3 is 0 Å². The molecule has 4 heteroatoms. The fourth-order valence-electron chi connectivity index (χ4n) is 1.94. The molecule has 1 N–H and O–H groups in total. The van der Waals surface area contributed by atoms with Crippen LogP contribution < -0.4 is 0 Å². The molecule has 0 saturated carbocycles. The first-order valence-corrected chi connectivity index (χ1v) is 7.44. The number of allylic oxidation sites excluding steroid dienone is 1. The molecule has 2 nitrogen and oxygen atoms in total. The molecule has 0 fully saturated rings. The van der Waals surface area contributed by atoms with Crippen molar-refractivity contribution in [3.63, 3.8) is 0 Å². The number of ketones is 1. The SMILES string of the molecule is O=C(/C=C/c1cc(Br)cs1)c1c[nH]c2ccccc12. The summed E-state index contributed by atoms with van der Waals surface area (Å²) in [4.78, 5) is 16.4. The number of fused-ring (bicyclic) bond motifs is 1. The van der Waals surface area contributed by atoms with Gasteiger partial charge in [-0.2, -0.15) is 0 Å². The third-order valence-corrected chi connectivity index (χ3v) is 4.50. The number of aromatic nitrogens is 1. The molecule has 3 rings (SSSR count). The quantitative estimate of drug-likeness (QED) is 0.538. The van der Waals surface area contributed by atoms with Gasteiger partial charge in [0.1, 0.15) is 0 Å². The second-order valence-electron chi connectivity index (χ2n) is 4.11. The van der Waals surface area contributed by atoms with Gasteiger partial charge in [0.05, 0.1) is 0 Å². The molecule has 3 aromatic rings. The van der Waals surface area contributed by atoms with Gasteiger partial charge in [0, 0.05) is 37.4 Å². The zero-order chi connectivity index (χ0) is 13.2. The second-order valence-corrected chi connectivity index (χ2v) is 5.97. The standard InChI is InChI=1S/C15H10BrNOS/c16-10-7-11(19-9-10)5-6-15(18)13-8-17-14-4-2-1-3-12(13)14/h1-9,17H/b6-5+. The van der Waals surface area contributed by atoms with E-state index in [9.17, 15) is 4.79 Å². The highest BCUT2D eigenvalue weighted by Crippen LogP contribution is 2.22. The van der Waals surface area contributed by atoms with Gasteiger partial charge < -0.3 is 4.98 Å². The summed E-state index contributed by atoms with van der Waals surface area (Å²) in [6.45, 7) is 0. The lowest BCUT2D eigenvalue weighted by atomic mass is 10.1. The van der Waals surface area contributed by atoms with Crippen LogP contribution in [0.2, 0.25) is 0 Å². The number of hydrogen-bond donors (Lipinski definition) is 1. The van der Waals surface area contributed by atoms with Crippen LogP contribution >= 0.6 is 27.3 Å². The Labute approximate surface area is 122 Å². The van der Waals surface area contributed by atoms with E-state index in [0.29, 0.717) is 5.56 Å². The van der Waals surface area contributed by atoms with E-state index in [1.54, 1.807) is 23.6 Å². The number of para-hydroxylation sites is 1. The van der Waals surface area contributed by atoms with Crippen molar-refractivity contribution >= 4 is 50.0 Å². The van der Waals surface area contributed by atoms with E-state index in [1.807, 2.05) is 41.8 Å². The van der Waals surface area contributed by atoms with E-state index in [1.165, 1.54) is 0 Å². The summed E-state index contributed by atoms with van der Waals surface area (Å²) < 4.78 is 1.04. The maximum Gasteiger partial charge on any atom is 0.188 e. The van der Waals surface area contributed by atoms with Crippen LogP contribution in [0.3, 0.4) is 0 Å². The van der Waals surface area contributed by atoms with Gasteiger partial charge in [-0.1, -0.05) is 18.2 Å². The predicted molar refractivity (Wildman–Crippen MR) is 83.7 cm³/mol. The average Bonchev–Trinajstić information content (AvgIpc) is 3.02. The molecule has 0 radical (unpaired) electrons. The summed E-state index contributed by atoms with van der Waals surface area (Å²) >= 11 is 5.00. The van der Waals surface area contributed by atoms with Crippen LogP contribution in [0.25, 0.3) is 17.0 Å². The largest absolute Gasteiger partial charge is 0.360 e. The number of thiophene rings is 1. The molecule has 2 aromatic heterocycles. The first-order chi connectivity index (χ1) is 9.24. The minimum Gasteiger partial charge on any atom is -0.360 e. The third kappa shape index (κ3) is 2.55. The first kappa shape index (κ1) is 12.4. The number of halogens is 1. The zero-order valence-corrected chi connectivity index (χ0v) is 12.3. The number of aromatic amines is 1. The van der Waals surface area contributed by atoms with E-state index in [0.717, 1.165) is 20.3 Å². The van der Waals surface area contributed by atoms with Gasteiger partial charge in [0.25, 0.3) is 0 Å². The first-order valence-electron chi connectivity index (χ1n) is 5.76. The fraction of sp³-hybridized carbons (Fsp3) is 0. The van der Waals surface area contributed by atoms with E-state index >= 15 is 0 Å². The molecule has 0 atom stereocenters. The van der Waals surface area contributed by atoms with Crippen LogP contribution in [0.4, 0.5) is 0 Å². The highest BCUT2D eigenvalue weighted by atomic mass is 79.9. The normalized spacial score (nSPS) is 11.4. The molecule has 94 valence electrons. The molecule has 0 aliphatic carbocycles. The summed E-state index contributed by atoms with van der Waals surface area (Å²) in [5.74, 6) is 0.0157. The highest BCUT2D eigenvalue weighted by Gasteiger charge is 2.08. The number of carbonyl (C=O) groups excluding carboxylic acids is 1. The van der Waals surface area contributed by atoms with Crippen LogP contribution in [0.5, 0.6) is 0 Å². The van der Waals surface area contributed by atoms with Crippen LogP contribution in [0.1, 0.15) is 15.2 Å². The molecule has 0 spiro atoms. The second kappa shape index (κ2) is 5.15. The van der Waals surface area contributed by atoms with Crippen LogP contribution in [0, 0.1) is 0 Å². The zero-order valence-electron chi connectivity index (χ0n) is 9.89. The Morgan fingerprint density at radius 2 is 2.16 bits per heavy atom. The Bertz CT molecular complexity index is 769. The molecule has 1 aromatic carbocycles. The topological polar surface area (TPSA) is 32.9 Å². The lowest BCUT2D eigenvalue weighted by Crippen LogP contribution is -1.91. The number of rotatable bonds is 3. The van der Waals surface area contributed by atoms with Crippen LogP contribution in [-0.2, 0) is 0 Å². The fourth-order valence-corrected chi connectivity index (χ4v) is 3.28. The van der Waals surface area contributed by atoms with Crippen LogP contribution in [0.15, 0.2) is 52.5 Å². The minimum atomic E-state index is 0.0157. The monoisotopic (exact) mass is 331 g/mol. The maximum atomic E-state index is 12.2. The summed E-state index contributed by atoms with van der Waals surface area (Å²) in [6.07, 6.45) is 5.23. The molecule has 0 bridgehead atoms. The Morgan fingerprint density at radius 3 is 2.95 bits per heavy atom. The maximum absolute atomic E-state index is 12.2. The summed E-state index contributed by atoms with van der Waals surface area (Å²) in [6, 6.07) is 9.80. The number of hydrogen-bond acceptors (Lipinski definition) is 2. The average molecular weight is 332 g/mol. The van der Waals surface area contributed by atoms with Crippen molar-refractivity contribution in [2.45, 2.75) is 0 Å². The number of nitrogens with one attached hydrogen (secondary N) is 1. The molecule has 0 unspecified atom stereocenters. The van der Waals surface area contributed by atoms with Crippen molar-refractivity contribution in [1.82, 2.24) is 4.98 Å². The van der Waals surface area contributed by atoms with Crippen molar-refractivity contribution in [1.29, 1.82) is 0 Å². The van der Waals surface area contributed by atoms with Crippen LogP contribution in [-0.4, -0.2) is 10.8 Å². The summed E-state index contributed by atoms with van der Waals surface area (Å²) in [5, 5.41) is 2.96. The van der Waals surface area contributed by atoms with Gasteiger partial charge in [0.15, 0.2) is 5.78 Å². The molecule has 0 aliphatic rings. The third-order valence-electron chi connectivity index (χ3n) is 2.84. The number of carbonyl (C=O) groups is 1. The lowest BCUT2D eigenvalue weighted by Gasteiger charge is -1.92. The molecule has 0 aliphatic heterocycles. The van der Waals surface area contributed by atoms with Crippen molar-refractivity contribution < 1.29 is 4.79 Å². The van der Waals surface area contributed by atoms with E-state index in [4.69, 9.17) is 0 Å². The summed E-state index contributed by atoms with van der Waals surface area (Å²) in [5.41, 5.74) is 1.69.